The lowest BCUT2D eigenvalue weighted by Gasteiger charge is -2.33. The fraction of sp³-hybridized carbons (Fsp3) is 0.211. The highest BCUT2D eigenvalue weighted by molar-refractivity contribution is 5.97. The summed E-state index contributed by atoms with van der Waals surface area (Å²) in [7, 11) is 1.27. The third kappa shape index (κ3) is 3.59. The van der Waals surface area contributed by atoms with E-state index in [1.54, 1.807) is 48.5 Å². The zero-order chi connectivity index (χ0) is 18.5. The summed E-state index contributed by atoms with van der Waals surface area (Å²) in [5.41, 5.74) is 1.08. The molecular weight excluding hydrogens is 336 g/mol. The molecule has 3 rings (SSSR count). The van der Waals surface area contributed by atoms with Gasteiger partial charge in [-0.2, -0.15) is 5.26 Å². The molecule has 0 aromatic heterocycles. The van der Waals surface area contributed by atoms with Gasteiger partial charge in [0.2, 0.25) is 6.10 Å². The molecular formula is C19H16N2O5. The van der Waals surface area contributed by atoms with Gasteiger partial charge in [-0.05, 0) is 36.4 Å². The Hall–Kier alpha value is -3.53. The van der Waals surface area contributed by atoms with Crippen molar-refractivity contribution in [3.8, 4) is 17.6 Å². The molecule has 1 amide bonds. The van der Waals surface area contributed by atoms with Crippen molar-refractivity contribution in [1.29, 1.82) is 5.26 Å². The van der Waals surface area contributed by atoms with E-state index < -0.39 is 12.1 Å². The molecule has 26 heavy (non-hydrogen) atoms. The molecule has 0 aliphatic carbocycles. The first-order chi connectivity index (χ1) is 12.6. The first-order valence-corrected chi connectivity index (χ1v) is 7.89. The van der Waals surface area contributed by atoms with Gasteiger partial charge in [0.1, 0.15) is 11.5 Å². The van der Waals surface area contributed by atoms with Crippen molar-refractivity contribution in [3.05, 3.63) is 54.1 Å². The summed E-state index contributed by atoms with van der Waals surface area (Å²) in [5, 5.41) is 8.80. The van der Waals surface area contributed by atoms with Gasteiger partial charge in [0.15, 0.2) is 6.61 Å². The molecule has 0 bridgehead atoms. The Balaban J connectivity index is 1.74. The zero-order valence-electron chi connectivity index (χ0n) is 14.0. The van der Waals surface area contributed by atoms with Gasteiger partial charge in [0.25, 0.3) is 5.91 Å². The maximum atomic E-state index is 12.7. The largest absolute Gasteiger partial charge is 0.484 e. The Morgan fingerprint density at radius 2 is 1.96 bits per heavy atom. The molecule has 0 saturated carbocycles. The van der Waals surface area contributed by atoms with Crippen molar-refractivity contribution in [3.63, 3.8) is 0 Å². The number of hydrogen-bond acceptors (Lipinski definition) is 6. The number of benzene rings is 2. The lowest BCUT2D eigenvalue weighted by Crippen LogP contribution is -2.48. The summed E-state index contributed by atoms with van der Waals surface area (Å²) >= 11 is 0. The SMILES string of the molecule is COC(=O)C1CN(C(=O)COc2ccc(C#N)cc2)c2ccccc2O1. The van der Waals surface area contributed by atoms with E-state index in [9.17, 15) is 9.59 Å². The highest BCUT2D eigenvalue weighted by Crippen LogP contribution is 2.33. The van der Waals surface area contributed by atoms with Crippen LogP contribution in [0.15, 0.2) is 48.5 Å². The molecule has 0 N–H and O–H groups in total. The second-order valence-electron chi connectivity index (χ2n) is 5.53. The molecule has 2 aromatic carbocycles. The predicted octanol–water partition coefficient (Wildman–Crippen LogP) is 1.90. The number of nitriles is 1. The Kier molecular flexibility index (Phi) is 5.04. The highest BCUT2D eigenvalue weighted by atomic mass is 16.6. The molecule has 1 aliphatic heterocycles. The topological polar surface area (TPSA) is 88.9 Å². The van der Waals surface area contributed by atoms with Gasteiger partial charge in [-0.15, -0.1) is 0 Å². The van der Waals surface area contributed by atoms with Crippen LogP contribution in [0.5, 0.6) is 11.5 Å². The normalized spacial score (nSPS) is 15.2. The summed E-state index contributed by atoms with van der Waals surface area (Å²) in [6, 6.07) is 15.4. The number of rotatable bonds is 4. The van der Waals surface area contributed by atoms with Crippen LogP contribution in [0, 0.1) is 11.3 Å². The second-order valence-corrected chi connectivity index (χ2v) is 5.53. The zero-order valence-corrected chi connectivity index (χ0v) is 14.0. The van der Waals surface area contributed by atoms with Crippen LogP contribution in [-0.4, -0.2) is 38.2 Å². The summed E-state index contributed by atoms with van der Waals surface area (Å²) in [4.78, 5) is 25.9. The molecule has 0 fully saturated rings. The summed E-state index contributed by atoms with van der Waals surface area (Å²) in [6.07, 6.45) is -0.895. The van der Waals surface area contributed by atoms with E-state index in [-0.39, 0.29) is 19.1 Å². The number of nitrogens with zero attached hydrogens (tertiary/aromatic N) is 2. The molecule has 7 nitrogen and oxygen atoms in total. The molecule has 132 valence electrons. The molecule has 0 saturated heterocycles. The number of ether oxygens (including phenoxy) is 3. The van der Waals surface area contributed by atoms with E-state index >= 15 is 0 Å². The smallest absolute Gasteiger partial charge is 0.348 e. The average molecular weight is 352 g/mol. The average Bonchev–Trinajstić information content (AvgIpc) is 2.70. The summed E-state index contributed by atoms with van der Waals surface area (Å²) in [6.45, 7) is -0.173. The fourth-order valence-electron chi connectivity index (χ4n) is 2.57. The lowest BCUT2D eigenvalue weighted by atomic mass is 10.2. The number of amides is 1. The monoisotopic (exact) mass is 352 g/mol. The third-order valence-corrected chi connectivity index (χ3v) is 3.88. The lowest BCUT2D eigenvalue weighted by molar-refractivity contribution is -0.148. The van der Waals surface area contributed by atoms with E-state index in [1.807, 2.05) is 6.07 Å². The van der Waals surface area contributed by atoms with Crippen LogP contribution in [0.1, 0.15) is 5.56 Å². The van der Waals surface area contributed by atoms with Crippen molar-refractivity contribution in [2.75, 3.05) is 25.2 Å². The van der Waals surface area contributed by atoms with Gasteiger partial charge in [0.05, 0.1) is 31.0 Å². The van der Waals surface area contributed by atoms with Crippen LogP contribution in [-0.2, 0) is 14.3 Å². The summed E-state index contributed by atoms with van der Waals surface area (Å²) < 4.78 is 15.8. The van der Waals surface area contributed by atoms with Crippen molar-refractivity contribution < 1.29 is 23.8 Å². The van der Waals surface area contributed by atoms with E-state index in [1.165, 1.54) is 12.0 Å². The van der Waals surface area contributed by atoms with Gasteiger partial charge in [-0.3, -0.25) is 4.79 Å². The molecule has 1 heterocycles. The maximum absolute atomic E-state index is 12.7. The Labute approximate surface area is 150 Å². The number of carbonyl (C=O) groups is 2. The summed E-state index contributed by atoms with van der Waals surface area (Å²) in [5.74, 6) is 0.0358. The number of hydrogen-bond donors (Lipinski definition) is 0. The van der Waals surface area contributed by atoms with Crippen molar-refractivity contribution in [2.24, 2.45) is 0 Å². The number of anilines is 1. The van der Waals surface area contributed by atoms with Gasteiger partial charge in [-0.1, -0.05) is 12.1 Å². The maximum Gasteiger partial charge on any atom is 0.348 e. The van der Waals surface area contributed by atoms with E-state index in [0.717, 1.165) is 0 Å². The molecule has 1 unspecified atom stereocenters. The molecule has 2 aromatic rings. The quantitative estimate of drug-likeness (QED) is 0.781. The Bertz CT molecular complexity index is 857. The molecule has 7 heteroatoms. The van der Waals surface area contributed by atoms with Crippen LogP contribution in [0.25, 0.3) is 0 Å². The highest BCUT2D eigenvalue weighted by Gasteiger charge is 2.34. The first-order valence-electron chi connectivity index (χ1n) is 7.89. The Morgan fingerprint density at radius 3 is 2.65 bits per heavy atom. The van der Waals surface area contributed by atoms with Crippen LogP contribution < -0.4 is 14.4 Å². The van der Waals surface area contributed by atoms with E-state index in [2.05, 4.69) is 0 Å². The number of para-hydroxylation sites is 2. The standard InChI is InChI=1S/C19H16N2O5/c1-24-19(23)17-11-21(15-4-2-3-5-16(15)26-17)18(22)12-25-14-8-6-13(10-20)7-9-14/h2-9,17H,11-12H2,1H3. The number of esters is 1. The van der Waals surface area contributed by atoms with Crippen molar-refractivity contribution >= 4 is 17.6 Å². The van der Waals surface area contributed by atoms with Crippen molar-refractivity contribution in [2.45, 2.75) is 6.10 Å². The first kappa shape index (κ1) is 17.3. The van der Waals surface area contributed by atoms with Crippen LogP contribution in [0.3, 0.4) is 0 Å². The van der Waals surface area contributed by atoms with Crippen LogP contribution >= 0.6 is 0 Å². The number of fused-ring (bicyclic) bond motifs is 1. The number of methoxy groups -OCH3 is 1. The van der Waals surface area contributed by atoms with Gasteiger partial charge in [-0.25, -0.2) is 4.79 Å². The molecule has 0 spiro atoms. The minimum atomic E-state index is -0.895. The van der Waals surface area contributed by atoms with E-state index in [0.29, 0.717) is 22.7 Å². The van der Waals surface area contributed by atoms with Crippen LogP contribution in [0.2, 0.25) is 0 Å². The predicted molar refractivity (Wildman–Crippen MR) is 91.9 cm³/mol. The molecule has 1 atom stereocenters. The third-order valence-electron chi connectivity index (χ3n) is 3.88. The van der Waals surface area contributed by atoms with Gasteiger partial charge in [0, 0.05) is 0 Å². The molecule has 0 radical (unpaired) electrons. The number of carbonyl (C=O) groups excluding carboxylic acids is 2. The fourth-order valence-corrected chi connectivity index (χ4v) is 2.57. The van der Waals surface area contributed by atoms with E-state index in [4.69, 9.17) is 19.5 Å². The van der Waals surface area contributed by atoms with Crippen molar-refractivity contribution in [1.82, 2.24) is 0 Å². The van der Waals surface area contributed by atoms with Gasteiger partial charge >= 0.3 is 5.97 Å². The minimum absolute atomic E-state index is 0.0409. The van der Waals surface area contributed by atoms with Gasteiger partial charge < -0.3 is 19.1 Å². The minimum Gasteiger partial charge on any atom is -0.484 e. The Morgan fingerprint density at radius 1 is 1.23 bits per heavy atom. The molecule has 1 aliphatic rings. The second kappa shape index (κ2) is 7.57. The van der Waals surface area contributed by atoms with Crippen LogP contribution in [0.4, 0.5) is 5.69 Å².